The summed E-state index contributed by atoms with van der Waals surface area (Å²) in [5.74, 6) is -0.172. The minimum Gasteiger partial charge on any atom is -0.466 e. The summed E-state index contributed by atoms with van der Waals surface area (Å²) in [6, 6.07) is 4.16. The molecular weight excluding hydrogens is 412 g/mol. The predicted molar refractivity (Wildman–Crippen MR) is 132 cm³/mol. The molecule has 1 aliphatic rings. The topological polar surface area (TPSA) is 52.6 Å². The molecule has 1 unspecified atom stereocenters. The number of carbonyl (C=O) groups is 2. The second kappa shape index (κ2) is 9.32. The molecule has 2 aromatic rings. The van der Waals surface area contributed by atoms with Crippen LogP contribution in [0.3, 0.4) is 0 Å². The fourth-order valence-electron chi connectivity index (χ4n) is 4.80. The highest BCUT2D eigenvalue weighted by Crippen LogP contribution is 2.48. The first kappa shape index (κ1) is 25.0. The van der Waals surface area contributed by atoms with Crippen molar-refractivity contribution >= 4 is 11.9 Å². The quantitative estimate of drug-likeness (QED) is 0.374. The number of rotatable bonds is 6. The number of aryl methyl sites for hydroxylation is 1. The largest absolute Gasteiger partial charge is 0.466 e. The lowest BCUT2D eigenvalue weighted by Crippen LogP contribution is -2.16. The van der Waals surface area contributed by atoms with Crippen molar-refractivity contribution in [2.45, 2.75) is 92.9 Å². The fraction of sp³-hybridized carbons (Fsp3) is 0.517. The minimum atomic E-state index is -0.453. The summed E-state index contributed by atoms with van der Waals surface area (Å²) in [6.07, 6.45) is 1.71. The van der Waals surface area contributed by atoms with Crippen LogP contribution in [-0.2, 0) is 26.2 Å². The van der Waals surface area contributed by atoms with E-state index < -0.39 is 5.92 Å². The molecule has 4 nitrogen and oxygen atoms in total. The first-order chi connectivity index (χ1) is 15.4. The summed E-state index contributed by atoms with van der Waals surface area (Å²) < 4.78 is 11.2. The Balaban J connectivity index is 2.14. The molecule has 3 rings (SSSR count). The molecule has 0 aliphatic carbocycles. The van der Waals surface area contributed by atoms with Gasteiger partial charge in [0, 0.05) is 17.5 Å². The van der Waals surface area contributed by atoms with E-state index >= 15 is 0 Å². The SMILES string of the molecule is CCCOC(=O)CCc1cc2c(c(C(C)(C)C)c1)OC(=O)C2c1c(C)c(C)c(C)c(C)c1C. The Morgan fingerprint density at radius 1 is 0.970 bits per heavy atom. The Bertz CT molecular complexity index is 1070. The van der Waals surface area contributed by atoms with Gasteiger partial charge in [-0.3, -0.25) is 9.59 Å². The van der Waals surface area contributed by atoms with Gasteiger partial charge in [0.05, 0.1) is 6.61 Å². The van der Waals surface area contributed by atoms with Crippen LogP contribution in [0.2, 0.25) is 0 Å². The molecule has 1 aliphatic heterocycles. The third-order valence-corrected chi connectivity index (χ3v) is 7.17. The predicted octanol–water partition coefficient (Wildman–Crippen LogP) is 6.46. The summed E-state index contributed by atoms with van der Waals surface area (Å²) in [5.41, 5.74) is 9.82. The van der Waals surface area contributed by atoms with Gasteiger partial charge in [0.2, 0.25) is 0 Å². The Morgan fingerprint density at radius 3 is 2.09 bits per heavy atom. The summed E-state index contributed by atoms with van der Waals surface area (Å²) in [5, 5.41) is 0. The molecule has 0 amide bonds. The molecule has 1 atom stereocenters. The smallest absolute Gasteiger partial charge is 0.323 e. The van der Waals surface area contributed by atoms with E-state index in [0.29, 0.717) is 25.2 Å². The summed E-state index contributed by atoms with van der Waals surface area (Å²) in [7, 11) is 0. The van der Waals surface area contributed by atoms with E-state index in [1.807, 2.05) is 6.92 Å². The van der Waals surface area contributed by atoms with Crippen molar-refractivity contribution in [3.63, 3.8) is 0 Å². The highest BCUT2D eigenvalue weighted by Gasteiger charge is 2.40. The van der Waals surface area contributed by atoms with Crippen LogP contribution in [-0.4, -0.2) is 18.5 Å². The van der Waals surface area contributed by atoms with Crippen molar-refractivity contribution in [3.8, 4) is 5.75 Å². The zero-order valence-electron chi connectivity index (χ0n) is 21.7. The first-order valence-electron chi connectivity index (χ1n) is 12.0. The van der Waals surface area contributed by atoms with Gasteiger partial charge in [0.15, 0.2) is 0 Å². The summed E-state index contributed by atoms with van der Waals surface area (Å²) >= 11 is 0. The maximum absolute atomic E-state index is 13.3. The van der Waals surface area contributed by atoms with E-state index in [4.69, 9.17) is 9.47 Å². The van der Waals surface area contributed by atoms with E-state index in [0.717, 1.165) is 39.8 Å². The number of carbonyl (C=O) groups excluding carboxylic acids is 2. The zero-order chi connectivity index (χ0) is 24.7. The fourth-order valence-corrected chi connectivity index (χ4v) is 4.80. The van der Waals surface area contributed by atoms with E-state index in [2.05, 4.69) is 67.5 Å². The van der Waals surface area contributed by atoms with Crippen LogP contribution in [0.4, 0.5) is 0 Å². The molecule has 2 aromatic carbocycles. The van der Waals surface area contributed by atoms with Gasteiger partial charge < -0.3 is 9.47 Å². The van der Waals surface area contributed by atoms with Crippen LogP contribution in [0.1, 0.15) is 96.5 Å². The second-order valence-corrected chi connectivity index (χ2v) is 10.4. The third-order valence-electron chi connectivity index (χ3n) is 7.17. The molecule has 4 heteroatoms. The van der Waals surface area contributed by atoms with E-state index in [1.165, 1.54) is 16.7 Å². The van der Waals surface area contributed by atoms with Crippen molar-refractivity contribution in [1.82, 2.24) is 0 Å². The van der Waals surface area contributed by atoms with Gasteiger partial charge in [0.1, 0.15) is 11.7 Å². The molecule has 0 fully saturated rings. The van der Waals surface area contributed by atoms with Crippen molar-refractivity contribution in [2.24, 2.45) is 0 Å². The van der Waals surface area contributed by atoms with Gasteiger partial charge in [-0.15, -0.1) is 0 Å². The Kier molecular flexibility index (Phi) is 7.07. The van der Waals surface area contributed by atoms with Gasteiger partial charge in [-0.05, 0) is 91.8 Å². The van der Waals surface area contributed by atoms with Crippen molar-refractivity contribution in [2.75, 3.05) is 6.61 Å². The average molecular weight is 451 g/mol. The number of fused-ring (bicyclic) bond motifs is 1. The first-order valence-corrected chi connectivity index (χ1v) is 12.0. The van der Waals surface area contributed by atoms with Crippen molar-refractivity contribution < 1.29 is 19.1 Å². The molecule has 0 aromatic heterocycles. The summed E-state index contributed by atoms with van der Waals surface area (Å²) in [4.78, 5) is 25.4. The Labute approximate surface area is 198 Å². The molecule has 0 spiro atoms. The van der Waals surface area contributed by atoms with Crippen LogP contribution >= 0.6 is 0 Å². The molecule has 178 valence electrons. The maximum atomic E-state index is 13.3. The number of hydrogen-bond donors (Lipinski definition) is 0. The van der Waals surface area contributed by atoms with Crippen LogP contribution in [0.25, 0.3) is 0 Å². The maximum Gasteiger partial charge on any atom is 0.323 e. The lowest BCUT2D eigenvalue weighted by molar-refractivity contribution is -0.143. The Hall–Kier alpha value is -2.62. The number of benzene rings is 2. The number of hydrogen-bond acceptors (Lipinski definition) is 4. The molecule has 0 bridgehead atoms. The van der Waals surface area contributed by atoms with Gasteiger partial charge in [-0.1, -0.05) is 39.8 Å². The molecule has 0 saturated carbocycles. The molecule has 0 N–H and O–H groups in total. The van der Waals surface area contributed by atoms with Gasteiger partial charge in [-0.2, -0.15) is 0 Å². The highest BCUT2D eigenvalue weighted by atomic mass is 16.5. The normalized spacial score (nSPS) is 15.4. The van der Waals surface area contributed by atoms with E-state index in [1.54, 1.807) is 0 Å². The lowest BCUT2D eigenvalue weighted by Gasteiger charge is -2.24. The average Bonchev–Trinajstić information content (AvgIpc) is 3.08. The van der Waals surface area contributed by atoms with Crippen LogP contribution in [0.15, 0.2) is 12.1 Å². The highest BCUT2D eigenvalue weighted by molar-refractivity contribution is 5.91. The summed E-state index contributed by atoms with van der Waals surface area (Å²) in [6.45, 7) is 19.4. The Morgan fingerprint density at radius 2 is 1.55 bits per heavy atom. The van der Waals surface area contributed by atoms with Gasteiger partial charge in [0.25, 0.3) is 0 Å². The van der Waals surface area contributed by atoms with Crippen molar-refractivity contribution in [1.29, 1.82) is 0 Å². The monoisotopic (exact) mass is 450 g/mol. The standard InChI is InChI=1S/C29H38O4/c1-10-13-32-24(30)12-11-21-14-22-26(25-19(5)17(3)16(2)18(4)20(25)6)28(31)33-27(22)23(15-21)29(7,8)9/h14-15,26H,10-13H2,1-9H3. The van der Waals surface area contributed by atoms with Crippen LogP contribution in [0, 0.1) is 34.6 Å². The molecule has 0 saturated heterocycles. The molecule has 33 heavy (non-hydrogen) atoms. The zero-order valence-corrected chi connectivity index (χ0v) is 21.7. The van der Waals surface area contributed by atoms with Crippen LogP contribution < -0.4 is 4.74 Å². The number of esters is 2. The minimum absolute atomic E-state index is 0.185. The second-order valence-electron chi connectivity index (χ2n) is 10.4. The van der Waals surface area contributed by atoms with Gasteiger partial charge in [-0.25, -0.2) is 0 Å². The van der Waals surface area contributed by atoms with Crippen molar-refractivity contribution in [3.05, 3.63) is 62.2 Å². The lowest BCUT2D eigenvalue weighted by atomic mass is 9.78. The van der Waals surface area contributed by atoms with Crippen LogP contribution in [0.5, 0.6) is 5.75 Å². The van der Waals surface area contributed by atoms with Gasteiger partial charge >= 0.3 is 11.9 Å². The van der Waals surface area contributed by atoms with E-state index in [-0.39, 0.29) is 17.4 Å². The third kappa shape index (κ3) is 4.71. The molecular formula is C29H38O4. The molecule has 1 heterocycles. The molecule has 0 radical (unpaired) electrons. The number of ether oxygens (including phenoxy) is 2. The van der Waals surface area contributed by atoms with E-state index in [9.17, 15) is 9.59 Å².